The number of nitriles is 1. The molecule has 5 unspecified atom stereocenters. The molecule has 8 rings (SSSR count). The number of aromatic hydroxyl groups is 1. The van der Waals surface area contributed by atoms with E-state index in [1.807, 2.05) is 18.7 Å². The highest BCUT2D eigenvalue weighted by molar-refractivity contribution is 6.04. The number of fused-ring (bicyclic) bond motifs is 3. The van der Waals surface area contributed by atoms with Crippen LogP contribution in [0.3, 0.4) is 0 Å². The molecule has 2 aromatic carbocycles. The number of ketones is 1. The molecule has 4 heterocycles. The zero-order chi connectivity index (χ0) is 38.6. The Kier molecular flexibility index (Phi) is 9.72. The molecule has 2 aliphatic heterocycles. The number of carbonyl (C=O) groups is 1. The number of phenols is 1. The van der Waals surface area contributed by atoms with Crippen LogP contribution in [-0.4, -0.2) is 89.3 Å². The zero-order valence-corrected chi connectivity index (χ0v) is 31.4. The Morgan fingerprint density at radius 1 is 1.15 bits per heavy atom. The standard InChI is InChI=1S/C42H45F2N7O4/c1-5-24(16-45)33(53)10-8-28-20-51(17-23(3)46-28)39-35-38(48-41(49-39)55-22-42(11-12-42)21-50-18-26-13-27(26)19-50)36(44)37(47-40(35)54-4)31-15-29(52)14-25-7-9-32(43)30(6-2)34(25)31/h2,7,9,14-15,23-24,26-28,46,52H,5,8,10-13,17-22H2,1,3-4H3. The number of nitrogens with one attached hydrogen (secondary N) is 1. The molecule has 2 saturated heterocycles. The second-order valence-electron chi connectivity index (χ2n) is 16.0. The molecule has 2 aromatic heterocycles. The summed E-state index contributed by atoms with van der Waals surface area (Å²) in [7, 11) is 1.41. The van der Waals surface area contributed by atoms with Gasteiger partial charge in [-0.25, -0.2) is 13.8 Å². The fourth-order valence-corrected chi connectivity index (χ4v) is 8.73. The van der Waals surface area contributed by atoms with Crippen LogP contribution in [0, 0.1) is 58.5 Å². The Hall–Kier alpha value is -5.11. The van der Waals surface area contributed by atoms with Gasteiger partial charge in [0.1, 0.15) is 45.7 Å². The van der Waals surface area contributed by atoms with Crippen molar-refractivity contribution in [1.82, 2.24) is 25.2 Å². The van der Waals surface area contributed by atoms with Gasteiger partial charge in [-0.3, -0.25) is 4.79 Å². The van der Waals surface area contributed by atoms with Crippen molar-refractivity contribution in [3.63, 3.8) is 0 Å². The summed E-state index contributed by atoms with van der Waals surface area (Å²) in [6.07, 6.45) is 10.3. The second kappa shape index (κ2) is 14.5. The highest BCUT2D eigenvalue weighted by atomic mass is 19.1. The second-order valence-corrected chi connectivity index (χ2v) is 16.0. The smallest absolute Gasteiger partial charge is 0.319 e. The Morgan fingerprint density at radius 2 is 1.93 bits per heavy atom. The monoisotopic (exact) mass is 749 g/mol. The Bertz CT molecular complexity index is 2260. The van der Waals surface area contributed by atoms with Crippen molar-refractivity contribution in [1.29, 1.82) is 5.26 Å². The predicted octanol–water partition coefficient (Wildman–Crippen LogP) is 6.00. The molecule has 0 bridgehead atoms. The first-order chi connectivity index (χ1) is 26.5. The molecule has 0 amide bonds. The molecular weight excluding hydrogens is 705 g/mol. The SMILES string of the molecule is C#Cc1c(F)ccc2cc(O)cc(-c3nc(OC)c4c(N5CC(C)NC(CCC(=O)C(C#N)CC)C5)nc(OCC5(CN6CC7CC7C6)CC5)nc4c3F)c12. The number of Topliss-reactive ketones (excluding diaryl/α,β-unsaturated/α-hetero) is 1. The number of aromatic nitrogens is 3. The number of benzene rings is 2. The zero-order valence-electron chi connectivity index (χ0n) is 31.4. The van der Waals surface area contributed by atoms with E-state index in [4.69, 9.17) is 20.9 Å². The van der Waals surface area contributed by atoms with Gasteiger partial charge in [-0.1, -0.05) is 18.9 Å². The van der Waals surface area contributed by atoms with E-state index in [0.717, 1.165) is 44.3 Å². The minimum Gasteiger partial charge on any atom is -0.508 e. The number of carbonyl (C=O) groups excluding carboxylic acids is 1. The third-order valence-corrected chi connectivity index (χ3v) is 11.9. The number of terminal acetylenes is 1. The molecule has 4 aliphatic rings. The minimum atomic E-state index is -0.840. The number of halogens is 2. The number of rotatable bonds is 13. The fraction of sp³-hybridized carbons (Fsp3) is 0.500. The predicted molar refractivity (Wildman–Crippen MR) is 204 cm³/mol. The van der Waals surface area contributed by atoms with Crippen molar-refractivity contribution < 1.29 is 28.2 Å². The molecule has 55 heavy (non-hydrogen) atoms. The summed E-state index contributed by atoms with van der Waals surface area (Å²) in [6.45, 7) is 8.33. The normalized spacial score (nSPS) is 23.2. The molecule has 4 aromatic rings. The Balaban J connectivity index is 1.21. The van der Waals surface area contributed by atoms with Crippen molar-refractivity contribution in [3.05, 3.63) is 41.5 Å². The molecule has 0 spiro atoms. The number of hydrogen-bond donors (Lipinski definition) is 2. The molecule has 2 aliphatic carbocycles. The van der Waals surface area contributed by atoms with Gasteiger partial charge in [-0.15, -0.1) is 6.42 Å². The van der Waals surface area contributed by atoms with E-state index in [1.54, 1.807) is 0 Å². The van der Waals surface area contributed by atoms with Crippen molar-refractivity contribution in [3.8, 4) is 47.3 Å². The van der Waals surface area contributed by atoms with Gasteiger partial charge in [-0.05, 0) is 74.4 Å². The van der Waals surface area contributed by atoms with E-state index in [2.05, 4.69) is 32.2 Å². The van der Waals surface area contributed by atoms with Crippen LogP contribution in [0.5, 0.6) is 17.6 Å². The molecule has 5 atom stereocenters. The van der Waals surface area contributed by atoms with E-state index in [0.29, 0.717) is 43.7 Å². The number of likely N-dealkylation sites (tertiary alicyclic amines) is 1. The average Bonchev–Trinajstić information content (AvgIpc) is 4.08. The summed E-state index contributed by atoms with van der Waals surface area (Å²) >= 11 is 0. The number of hydrogen-bond acceptors (Lipinski definition) is 11. The van der Waals surface area contributed by atoms with E-state index < -0.39 is 17.6 Å². The molecule has 13 heteroatoms. The summed E-state index contributed by atoms with van der Waals surface area (Å²) in [5.74, 6) is 1.99. The van der Waals surface area contributed by atoms with Crippen LogP contribution in [0.4, 0.5) is 14.6 Å². The van der Waals surface area contributed by atoms with E-state index in [9.17, 15) is 15.2 Å². The van der Waals surface area contributed by atoms with Gasteiger partial charge in [0, 0.05) is 67.6 Å². The highest BCUT2D eigenvalue weighted by Gasteiger charge is 2.51. The first-order valence-electron chi connectivity index (χ1n) is 19.2. The third kappa shape index (κ3) is 7.12. The molecular formula is C42H45F2N7O4. The van der Waals surface area contributed by atoms with Crippen molar-refractivity contribution in [2.24, 2.45) is 23.2 Å². The number of piperazine rings is 1. The van der Waals surface area contributed by atoms with E-state index in [1.165, 1.54) is 37.8 Å². The van der Waals surface area contributed by atoms with E-state index >= 15 is 8.78 Å². The molecule has 286 valence electrons. The first kappa shape index (κ1) is 36.8. The number of methoxy groups -OCH3 is 1. The number of nitrogens with zero attached hydrogens (tertiary/aromatic N) is 6. The number of piperidine rings is 1. The van der Waals surface area contributed by atoms with Gasteiger partial charge in [0.15, 0.2) is 5.82 Å². The summed E-state index contributed by atoms with van der Waals surface area (Å²) in [6, 6.07) is 7.33. The Morgan fingerprint density at radius 3 is 2.62 bits per heavy atom. The quantitative estimate of drug-likeness (QED) is 0.156. The van der Waals surface area contributed by atoms with Crippen LogP contribution < -0.4 is 19.7 Å². The van der Waals surface area contributed by atoms with Crippen molar-refractivity contribution >= 4 is 33.3 Å². The molecule has 11 nitrogen and oxygen atoms in total. The van der Waals surface area contributed by atoms with Crippen LogP contribution in [0.1, 0.15) is 57.9 Å². The maximum absolute atomic E-state index is 17.3. The lowest BCUT2D eigenvalue weighted by molar-refractivity contribution is -0.121. The number of pyridine rings is 1. The van der Waals surface area contributed by atoms with Crippen molar-refractivity contribution in [2.75, 3.05) is 51.3 Å². The van der Waals surface area contributed by atoms with Crippen LogP contribution in [-0.2, 0) is 4.79 Å². The lowest BCUT2D eigenvalue weighted by Crippen LogP contribution is -2.56. The van der Waals surface area contributed by atoms with Crippen LogP contribution in [0.15, 0.2) is 24.3 Å². The van der Waals surface area contributed by atoms with Crippen LogP contribution in [0.25, 0.3) is 32.9 Å². The van der Waals surface area contributed by atoms with Crippen molar-refractivity contribution in [2.45, 2.75) is 64.5 Å². The van der Waals surface area contributed by atoms with Gasteiger partial charge in [0.2, 0.25) is 5.88 Å². The van der Waals surface area contributed by atoms with Crippen LogP contribution >= 0.6 is 0 Å². The third-order valence-electron chi connectivity index (χ3n) is 11.9. The maximum atomic E-state index is 17.3. The first-order valence-corrected chi connectivity index (χ1v) is 19.2. The molecule has 0 radical (unpaired) electrons. The molecule has 2 N–H and O–H groups in total. The summed E-state index contributed by atoms with van der Waals surface area (Å²) in [4.78, 5) is 31.6. The summed E-state index contributed by atoms with van der Waals surface area (Å²) < 4.78 is 44.6. The topological polar surface area (TPSA) is 137 Å². The summed E-state index contributed by atoms with van der Waals surface area (Å²) in [5, 5.41) is 24.6. The maximum Gasteiger partial charge on any atom is 0.319 e. The molecule has 2 saturated carbocycles. The average molecular weight is 750 g/mol. The number of anilines is 1. The van der Waals surface area contributed by atoms with E-state index in [-0.39, 0.29) is 80.5 Å². The lowest BCUT2D eigenvalue weighted by Gasteiger charge is -2.39. The Labute approximate surface area is 319 Å². The van der Waals surface area contributed by atoms with Gasteiger partial charge in [0.05, 0.1) is 25.3 Å². The van der Waals surface area contributed by atoms with Gasteiger partial charge < -0.3 is 29.7 Å². The van der Waals surface area contributed by atoms with Gasteiger partial charge >= 0.3 is 6.01 Å². The minimum absolute atomic E-state index is 0.00462. The summed E-state index contributed by atoms with van der Waals surface area (Å²) in [5.41, 5.74) is -0.385. The van der Waals surface area contributed by atoms with Gasteiger partial charge in [0.25, 0.3) is 0 Å². The number of phenolic OH excluding ortho intramolecular Hbond substituents is 1. The lowest BCUT2D eigenvalue weighted by atomic mass is 9.95. The van der Waals surface area contributed by atoms with Gasteiger partial charge in [-0.2, -0.15) is 15.2 Å². The molecule has 4 fully saturated rings. The highest BCUT2D eigenvalue weighted by Crippen LogP contribution is 2.51. The number of ether oxygens (including phenoxy) is 2. The largest absolute Gasteiger partial charge is 0.508 e. The van der Waals surface area contributed by atoms with Crippen LogP contribution in [0.2, 0.25) is 0 Å². The fourth-order valence-electron chi connectivity index (χ4n) is 8.73.